The Morgan fingerprint density at radius 2 is 1.78 bits per heavy atom. The zero-order chi connectivity index (χ0) is 23.7. The van der Waals surface area contributed by atoms with Gasteiger partial charge in [0.25, 0.3) is 0 Å². The first kappa shape index (κ1) is 23.5. The third-order valence-corrected chi connectivity index (χ3v) is 5.00. The molecule has 3 rings (SSSR count). The van der Waals surface area contributed by atoms with Gasteiger partial charge in [0.15, 0.2) is 5.69 Å². The molecule has 32 heavy (non-hydrogen) atoms. The number of carboxylic acid groups (broad SMARTS) is 1. The number of benzene rings is 1. The lowest BCUT2D eigenvalue weighted by atomic mass is 10.0. The Morgan fingerprint density at radius 3 is 2.38 bits per heavy atom. The number of aliphatic carboxylic acids is 1. The fourth-order valence-corrected chi connectivity index (χ4v) is 3.21. The average molecular weight is 510 g/mol. The normalized spacial score (nSPS) is 11.8. The molecule has 0 amide bonds. The molecule has 0 aliphatic carbocycles. The van der Waals surface area contributed by atoms with Gasteiger partial charge < -0.3 is 15.7 Å². The average Bonchev–Trinajstić information content (AvgIpc) is 2.68. The standard InChI is InChI=1S/C21H19BrF3N5O2/c1-11-6-13(12-4-5-16(26-9-12)30-20(2,3)18(31)32)8-14(7-11)28-19-27-10-15(22)17(29-19)21(23,24)25/h4-10H,1-3H3,(H,26,30)(H,31,32)(H,27,28,29). The number of alkyl halides is 3. The largest absolute Gasteiger partial charge is 0.480 e. The van der Waals surface area contributed by atoms with Crippen LogP contribution in [-0.4, -0.2) is 31.6 Å². The Labute approximate surface area is 190 Å². The van der Waals surface area contributed by atoms with E-state index in [9.17, 15) is 23.1 Å². The summed E-state index contributed by atoms with van der Waals surface area (Å²) in [6.45, 7) is 4.90. The second kappa shape index (κ2) is 8.73. The molecule has 0 spiro atoms. The number of nitrogens with zero attached hydrogens (tertiary/aromatic N) is 3. The van der Waals surface area contributed by atoms with Gasteiger partial charge in [0, 0.05) is 23.6 Å². The van der Waals surface area contributed by atoms with Crippen molar-refractivity contribution in [1.82, 2.24) is 15.0 Å². The van der Waals surface area contributed by atoms with Gasteiger partial charge in [-0.25, -0.2) is 19.7 Å². The van der Waals surface area contributed by atoms with Crippen LogP contribution in [-0.2, 0) is 11.0 Å². The van der Waals surface area contributed by atoms with Gasteiger partial charge in [-0.2, -0.15) is 13.2 Å². The number of aryl methyl sites for hydroxylation is 1. The number of hydrogen-bond acceptors (Lipinski definition) is 6. The number of anilines is 3. The molecule has 11 heteroatoms. The van der Waals surface area contributed by atoms with Crippen LogP contribution in [0.25, 0.3) is 11.1 Å². The summed E-state index contributed by atoms with van der Waals surface area (Å²) in [4.78, 5) is 23.0. The third-order valence-electron chi connectivity index (χ3n) is 4.42. The highest BCUT2D eigenvalue weighted by Gasteiger charge is 2.35. The Morgan fingerprint density at radius 1 is 1.06 bits per heavy atom. The van der Waals surface area contributed by atoms with Gasteiger partial charge in [-0.3, -0.25) is 0 Å². The van der Waals surface area contributed by atoms with Crippen molar-refractivity contribution in [2.45, 2.75) is 32.5 Å². The van der Waals surface area contributed by atoms with E-state index < -0.39 is 23.4 Å². The van der Waals surface area contributed by atoms with Crippen LogP contribution in [0.15, 0.2) is 47.2 Å². The van der Waals surface area contributed by atoms with Crippen LogP contribution in [0.4, 0.5) is 30.6 Å². The van der Waals surface area contributed by atoms with E-state index in [0.717, 1.165) is 22.9 Å². The van der Waals surface area contributed by atoms with Crippen LogP contribution >= 0.6 is 15.9 Å². The third kappa shape index (κ3) is 5.52. The van der Waals surface area contributed by atoms with Crippen LogP contribution in [0.3, 0.4) is 0 Å². The van der Waals surface area contributed by atoms with E-state index in [1.165, 1.54) is 13.8 Å². The van der Waals surface area contributed by atoms with Crippen molar-refractivity contribution >= 4 is 39.4 Å². The first-order valence-corrected chi connectivity index (χ1v) is 10.1. The van der Waals surface area contributed by atoms with Crippen molar-refractivity contribution in [2.24, 2.45) is 0 Å². The predicted octanol–water partition coefficient (Wildman–Crippen LogP) is 5.65. The molecule has 2 aromatic heterocycles. The second-order valence-corrected chi connectivity index (χ2v) is 8.44. The van der Waals surface area contributed by atoms with Crippen molar-refractivity contribution in [2.75, 3.05) is 10.6 Å². The second-order valence-electron chi connectivity index (χ2n) is 7.59. The molecule has 1 aromatic carbocycles. The van der Waals surface area contributed by atoms with E-state index in [1.54, 1.807) is 30.5 Å². The molecule has 7 nitrogen and oxygen atoms in total. The molecule has 3 N–H and O–H groups in total. The number of nitrogens with one attached hydrogen (secondary N) is 2. The molecule has 0 aliphatic rings. The number of aromatic nitrogens is 3. The lowest BCUT2D eigenvalue weighted by Crippen LogP contribution is -2.40. The quantitative estimate of drug-likeness (QED) is 0.394. The zero-order valence-corrected chi connectivity index (χ0v) is 18.8. The minimum absolute atomic E-state index is 0.189. The fourth-order valence-electron chi connectivity index (χ4n) is 2.79. The molecule has 0 saturated heterocycles. The van der Waals surface area contributed by atoms with E-state index in [4.69, 9.17) is 0 Å². The number of halogens is 4. The molecule has 3 aromatic rings. The Bertz CT molecular complexity index is 1150. The Kier molecular flexibility index (Phi) is 6.40. The van der Waals surface area contributed by atoms with Gasteiger partial charge in [-0.05, 0) is 72.1 Å². The molecule has 2 heterocycles. The highest BCUT2D eigenvalue weighted by Crippen LogP contribution is 2.34. The molecule has 0 aliphatic heterocycles. The first-order valence-electron chi connectivity index (χ1n) is 9.31. The summed E-state index contributed by atoms with van der Waals surface area (Å²) in [6, 6.07) is 8.80. The molecule has 0 bridgehead atoms. The highest BCUT2D eigenvalue weighted by molar-refractivity contribution is 9.10. The summed E-state index contributed by atoms with van der Waals surface area (Å²) in [7, 11) is 0. The van der Waals surface area contributed by atoms with Crippen LogP contribution in [0, 0.1) is 6.92 Å². The van der Waals surface area contributed by atoms with Crippen molar-refractivity contribution in [3.05, 3.63) is 58.5 Å². The first-order chi connectivity index (χ1) is 14.8. The lowest BCUT2D eigenvalue weighted by molar-refractivity contribution is -0.142. The van der Waals surface area contributed by atoms with E-state index in [2.05, 4.69) is 41.5 Å². The van der Waals surface area contributed by atoms with Crippen molar-refractivity contribution in [3.63, 3.8) is 0 Å². The number of pyridine rings is 1. The molecule has 0 saturated carbocycles. The molecule has 0 fully saturated rings. The highest BCUT2D eigenvalue weighted by atomic mass is 79.9. The lowest BCUT2D eigenvalue weighted by Gasteiger charge is -2.21. The smallest absolute Gasteiger partial charge is 0.434 e. The summed E-state index contributed by atoms with van der Waals surface area (Å²) in [5.41, 5.74) is 0.603. The number of carbonyl (C=O) groups is 1. The summed E-state index contributed by atoms with van der Waals surface area (Å²) in [5.74, 6) is -0.803. The van der Waals surface area contributed by atoms with Crippen molar-refractivity contribution in [1.29, 1.82) is 0 Å². The van der Waals surface area contributed by atoms with Crippen LogP contribution in [0.5, 0.6) is 0 Å². The number of rotatable bonds is 6. The van der Waals surface area contributed by atoms with E-state index in [-0.39, 0.29) is 10.4 Å². The minimum Gasteiger partial charge on any atom is -0.480 e. The maximum atomic E-state index is 13.1. The summed E-state index contributed by atoms with van der Waals surface area (Å²) in [6.07, 6.45) is -1.99. The van der Waals surface area contributed by atoms with E-state index >= 15 is 0 Å². The number of carboxylic acids is 1. The van der Waals surface area contributed by atoms with Gasteiger partial charge in [-0.1, -0.05) is 6.07 Å². The summed E-state index contributed by atoms with van der Waals surface area (Å²) < 4.78 is 39.1. The predicted molar refractivity (Wildman–Crippen MR) is 118 cm³/mol. The minimum atomic E-state index is -4.62. The van der Waals surface area contributed by atoms with Gasteiger partial charge >= 0.3 is 12.1 Å². The molecule has 168 valence electrons. The molecule has 0 unspecified atom stereocenters. The van der Waals surface area contributed by atoms with Crippen LogP contribution in [0.1, 0.15) is 25.1 Å². The fraction of sp³-hybridized carbons (Fsp3) is 0.238. The molecule has 0 atom stereocenters. The molecular formula is C21H19BrF3N5O2. The van der Waals surface area contributed by atoms with E-state index in [1.807, 2.05) is 13.0 Å². The van der Waals surface area contributed by atoms with Gasteiger partial charge in [0.1, 0.15) is 11.4 Å². The molecule has 0 radical (unpaired) electrons. The maximum Gasteiger partial charge on any atom is 0.434 e. The Balaban J connectivity index is 1.86. The SMILES string of the molecule is Cc1cc(Nc2ncc(Br)c(C(F)(F)F)n2)cc(-c2ccc(NC(C)(C)C(=O)O)nc2)c1. The summed E-state index contributed by atoms with van der Waals surface area (Å²) >= 11 is 2.82. The van der Waals surface area contributed by atoms with Gasteiger partial charge in [0.2, 0.25) is 5.95 Å². The zero-order valence-electron chi connectivity index (χ0n) is 17.3. The maximum absolute atomic E-state index is 13.1. The van der Waals surface area contributed by atoms with Gasteiger partial charge in [-0.15, -0.1) is 0 Å². The topological polar surface area (TPSA) is 100 Å². The van der Waals surface area contributed by atoms with Crippen molar-refractivity contribution < 1.29 is 23.1 Å². The van der Waals surface area contributed by atoms with Crippen LogP contribution in [0.2, 0.25) is 0 Å². The summed E-state index contributed by atoms with van der Waals surface area (Å²) in [5, 5.41) is 14.9. The number of hydrogen-bond donors (Lipinski definition) is 3. The van der Waals surface area contributed by atoms with Crippen LogP contribution < -0.4 is 10.6 Å². The van der Waals surface area contributed by atoms with Gasteiger partial charge in [0.05, 0.1) is 4.47 Å². The van der Waals surface area contributed by atoms with E-state index in [0.29, 0.717) is 11.5 Å². The van der Waals surface area contributed by atoms with Crippen molar-refractivity contribution in [3.8, 4) is 11.1 Å². The molecular weight excluding hydrogens is 491 g/mol. The monoisotopic (exact) mass is 509 g/mol. The Hall–Kier alpha value is -3.21.